The fourth-order valence-electron chi connectivity index (χ4n) is 3.24. The minimum absolute atomic E-state index is 0.235. The zero-order chi connectivity index (χ0) is 20.4. The monoisotopic (exact) mass is 402 g/mol. The molecule has 1 N–H and O–H groups in total. The summed E-state index contributed by atoms with van der Waals surface area (Å²) in [7, 11) is 1.55. The first-order valence-corrected chi connectivity index (χ1v) is 9.55. The summed E-state index contributed by atoms with van der Waals surface area (Å²) in [5.41, 5.74) is 4.43. The fourth-order valence-corrected chi connectivity index (χ4v) is 3.39. The van der Waals surface area contributed by atoms with Gasteiger partial charge in [-0.05, 0) is 30.7 Å². The van der Waals surface area contributed by atoms with E-state index < -0.39 is 0 Å². The minimum Gasteiger partial charge on any atom is -0.495 e. The van der Waals surface area contributed by atoms with Gasteiger partial charge in [0.25, 0.3) is 5.91 Å². The number of carbonyl (C=O) groups is 1. The van der Waals surface area contributed by atoms with Crippen LogP contribution in [0.4, 0.5) is 5.69 Å². The third-order valence-corrected chi connectivity index (χ3v) is 5.17. The maximum absolute atomic E-state index is 13.2. The number of carbonyl (C=O) groups excluding carboxylic acids is 1. The van der Waals surface area contributed by atoms with Gasteiger partial charge in [0.1, 0.15) is 5.75 Å². The van der Waals surface area contributed by atoms with Crippen LogP contribution in [0.1, 0.15) is 15.9 Å². The molecule has 4 rings (SSSR count). The second-order valence-corrected chi connectivity index (χ2v) is 7.10. The number of anilines is 1. The molecule has 0 aliphatic rings. The summed E-state index contributed by atoms with van der Waals surface area (Å²) < 4.78 is 5.39. The third-order valence-electron chi connectivity index (χ3n) is 4.76. The molecule has 0 spiro atoms. The van der Waals surface area contributed by atoms with Crippen molar-refractivity contribution in [2.75, 3.05) is 12.4 Å². The first-order chi connectivity index (χ1) is 14.1. The van der Waals surface area contributed by atoms with Gasteiger partial charge < -0.3 is 10.1 Å². The van der Waals surface area contributed by atoms with E-state index in [2.05, 4.69) is 5.32 Å². The van der Waals surface area contributed by atoms with E-state index in [1.165, 1.54) is 0 Å². The number of nitrogens with zero attached hydrogens (tertiary/aromatic N) is 1. The van der Waals surface area contributed by atoms with Crippen molar-refractivity contribution < 1.29 is 9.53 Å². The highest BCUT2D eigenvalue weighted by Crippen LogP contribution is 2.32. The van der Waals surface area contributed by atoms with E-state index in [-0.39, 0.29) is 5.91 Å². The summed E-state index contributed by atoms with van der Waals surface area (Å²) in [5, 5.41) is 4.34. The molecule has 0 fully saturated rings. The Kier molecular flexibility index (Phi) is 5.19. The van der Waals surface area contributed by atoms with Crippen LogP contribution in [0, 0.1) is 6.92 Å². The molecule has 3 aromatic carbocycles. The number of benzene rings is 3. The number of ether oxygens (including phenoxy) is 1. The van der Waals surface area contributed by atoms with Gasteiger partial charge in [-0.15, -0.1) is 0 Å². The first-order valence-electron chi connectivity index (χ1n) is 9.17. The van der Waals surface area contributed by atoms with Crippen molar-refractivity contribution in [3.05, 3.63) is 88.9 Å². The zero-order valence-electron chi connectivity index (χ0n) is 16.1. The Morgan fingerprint density at radius 1 is 1.00 bits per heavy atom. The smallest absolute Gasteiger partial charge is 0.256 e. The number of para-hydroxylation sites is 1. The van der Waals surface area contributed by atoms with Crippen molar-refractivity contribution in [3.63, 3.8) is 0 Å². The first kappa shape index (κ1) is 19.0. The maximum Gasteiger partial charge on any atom is 0.256 e. The lowest BCUT2D eigenvalue weighted by Crippen LogP contribution is -2.14. The SMILES string of the molecule is COc1cc(Cl)c(C)cc1NC(=O)c1cc(-c2ccccc2)nc2ccccc12. The molecule has 0 saturated carbocycles. The highest BCUT2D eigenvalue weighted by molar-refractivity contribution is 6.31. The van der Waals surface area contributed by atoms with Crippen molar-refractivity contribution in [1.82, 2.24) is 4.98 Å². The van der Waals surface area contributed by atoms with E-state index in [1.54, 1.807) is 19.2 Å². The molecular formula is C24H19ClN2O2. The molecule has 0 bridgehead atoms. The van der Waals surface area contributed by atoms with Crippen LogP contribution in [0.25, 0.3) is 22.2 Å². The Morgan fingerprint density at radius 3 is 2.48 bits per heavy atom. The van der Waals surface area contributed by atoms with Gasteiger partial charge in [0, 0.05) is 22.0 Å². The van der Waals surface area contributed by atoms with Crippen LogP contribution in [0.5, 0.6) is 5.75 Å². The predicted octanol–water partition coefficient (Wildman–Crippen LogP) is 6.12. The summed E-state index contributed by atoms with van der Waals surface area (Å²) >= 11 is 6.18. The van der Waals surface area contributed by atoms with Crippen LogP contribution in [-0.2, 0) is 0 Å². The van der Waals surface area contributed by atoms with E-state index in [0.717, 1.165) is 27.7 Å². The Labute approximate surface area is 174 Å². The van der Waals surface area contributed by atoms with Gasteiger partial charge in [0.2, 0.25) is 0 Å². The summed E-state index contributed by atoms with van der Waals surface area (Å²) in [5.74, 6) is 0.274. The number of amides is 1. The predicted molar refractivity (Wildman–Crippen MR) is 118 cm³/mol. The minimum atomic E-state index is -0.235. The number of nitrogens with one attached hydrogen (secondary N) is 1. The van der Waals surface area contributed by atoms with Gasteiger partial charge in [-0.1, -0.05) is 60.1 Å². The molecule has 0 aliphatic heterocycles. The summed E-state index contributed by atoms with van der Waals surface area (Å²) in [4.78, 5) is 18.0. The van der Waals surface area contributed by atoms with Crippen molar-refractivity contribution in [2.45, 2.75) is 6.92 Å². The van der Waals surface area contributed by atoms with Gasteiger partial charge in [0.15, 0.2) is 0 Å². The molecule has 0 aliphatic carbocycles. The van der Waals surface area contributed by atoms with Crippen LogP contribution in [-0.4, -0.2) is 18.0 Å². The molecule has 0 radical (unpaired) electrons. The van der Waals surface area contributed by atoms with Crippen LogP contribution in [0.3, 0.4) is 0 Å². The van der Waals surface area contributed by atoms with Gasteiger partial charge in [0.05, 0.1) is 29.6 Å². The van der Waals surface area contributed by atoms with Gasteiger partial charge >= 0.3 is 0 Å². The molecule has 0 atom stereocenters. The van der Waals surface area contributed by atoms with Crippen LogP contribution >= 0.6 is 11.6 Å². The number of fused-ring (bicyclic) bond motifs is 1. The van der Waals surface area contributed by atoms with Crippen LogP contribution < -0.4 is 10.1 Å². The molecule has 1 aromatic heterocycles. The number of pyridine rings is 1. The second kappa shape index (κ2) is 7.94. The Morgan fingerprint density at radius 2 is 1.72 bits per heavy atom. The lowest BCUT2D eigenvalue weighted by atomic mass is 10.0. The molecule has 144 valence electrons. The molecule has 1 amide bonds. The van der Waals surface area contributed by atoms with Gasteiger partial charge in [-0.25, -0.2) is 4.98 Å². The van der Waals surface area contributed by atoms with E-state index in [1.807, 2.05) is 67.6 Å². The molecular weight excluding hydrogens is 384 g/mol. The van der Waals surface area contributed by atoms with Gasteiger partial charge in [-0.3, -0.25) is 4.79 Å². The Balaban J connectivity index is 1.81. The van der Waals surface area contributed by atoms with Crippen LogP contribution in [0.15, 0.2) is 72.8 Å². The summed E-state index contributed by atoms with van der Waals surface area (Å²) in [6.45, 7) is 1.88. The standard InChI is InChI=1S/C24H19ClN2O2/c1-15-12-22(23(29-2)14-19(15)25)27-24(28)18-13-21(16-8-4-3-5-9-16)26-20-11-7-6-10-17(18)20/h3-14H,1-2H3,(H,27,28). The molecule has 0 saturated heterocycles. The average molecular weight is 403 g/mol. The average Bonchev–Trinajstić information content (AvgIpc) is 2.75. The van der Waals surface area contributed by atoms with Gasteiger partial charge in [-0.2, -0.15) is 0 Å². The molecule has 4 aromatic rings. The topological polar surface area (TPSA) is 51.2 Å². The van der Waals surface area contributed by atoms with Crippen LogP contribution in [0.2, 0.25) is 5.02 Å². The summed E-state index contributed by atoms with van der Waals surface area (Å²) in [6.07, 6.45) is 0. The number of aromatic nitrogens is 1. The third kappa shape index (κ3) is 3.80. The Hall–Kier alpha value is -3.37. The van der Waals surface area contributed by atoms with Crippen molar-refractivity contribution >= 4 is 34.1 Å². The van der Waals surface area contributed by atoms with Crippen molar-refractivity contribution in [1.29, 1.82) is 0 Å². The number of hydrogen-bond donors (Lipinski definition) is 1. The second-order valence-electron chi connectivity index (χ2n) is 6.69. The van der Waals surface area contributed by atoms with E-state index in [9.17, 15) is 4.79 Å². The number of hydrogen-bond acceptors (Lipinski definition) is 3. The highest BCUT2D eigenvalue weighted by Gasteiger charge is 2.16. The van der Waals surface area contributed by atoms with Crippen molar-refractivity contribution in [2.24, 2.45) is 0 Å². The lowest BCUT2D eigenvalue weighted by Gasteiger charge is -2.14. The zero-order valence-corrected chi connectivity index (χ0v) is 16.8. The quantitative estimate of drug-likeness (QED) is 0.447. The Bertz CT molecular complexity index is 1210. The molecule has 4 nitrogen and oxygen atoms in total. The normalized spacial score (nSPS) is 10.7. The number of methoxy groups -OCH3 is 1. The fraction of sp³-hybridized carbons (Fsp3) is 0.0833. The highest BCUT2D eigenvalue weighted by atomic mass is 35.5. The summed E-state index contributed by atoms with van der Waals surface area (Å²) in [6, 6.07) is 22.8. The number of aryl methyl sites for hydroxylation is 1. The molecule has 29 heavy (non-hydrogen) atoms. The largest absolute Gasteiger partial charge is 0.495 e. The molecule has 5 heteroatoms. The number of rotatable bonds is 4. The molecule has 0 unspecified atom stereocenters. The number of halogens is 1. The van der Waals surface area contributed by atoms with E-state index >= 15 is 0 Å². The molecule has 1 heterocycles. The van der Waals surface area contributed by atoms with E-state index in [0.29, 0.717) is 22.0 Å². The lowest BCUT2D eigenvalue weighted by molar-refractivity contribution is 0.102. The van der Waals surface area contributed by atoms with Crippen molar-refractivity contribution in [3.8, 4) is 17.0 Å². The van der Waals surface area contributed by atoms with E-state index in [4.69, 9.17) is 21.3 Å². The maximum atomic E-state index is 13.2.